The highest BCUT2D eigenvalue weighted by Gasteiger charge is 2.27. The summed E-state index contributed by atoms with van der Waals surface area (Å²) in [4.78, 5) is 47.7. The summed E-state index contributed by atoms with van der Waals surface area (Å²) in [5.74, 6) is -2.10. The molecule has 25 heavy (non-hydrogen) atoms. The van der Waals surface area contributed by atoms with Crippen LogP contribution in [0.2, 0.25) is 0 Å². The maximum atomic E-state index is 12.1. The van der Waals surface area contributed by atoms with Gasteiger partial charge in [0.15, 0.2) is 6.61 Å². The van der Waals surface area contributed by atoms with E-state index in [1.54, 1.807) is 45.2 Å². The first-order valence-electron chi connectivity index (χ1n) is 7.82. The van der Waals surface area contributed by atoms with Crippen molar-refractivity contribution >= 4 is 35.2 Å². The van der Waals surface area contributed by atoms with Gasteiger partial charge in [-0.1, -0.05) is 19.9 Å². The van der Waals surface area contributed by atoms with Crippen molar-refractivity contribution in [3.63, 3.8) is 0 Å². The number of thiophene rings is 1. The third kappa shape index (κ3) is 7.34. The Labute approximate surface area is 150 Å². The molecule has 0 aliphatic rings. The molecule has 1 unspecified atom stereocenters. The molecule has 1 atom stereocenters. The molecule has 0 saturated carbocycles. The first-order valence-corrected chi connectivity index (χ1v) is 8.70. The van der Waals surface area contributed by atoms with Crippen molar-refractivity contribution in [2.45, 2.75) is 39.8 Å². The van der Waals surface area contributed by atoms with Crippen molar-refractivity contribution in [2.75, 3.05) is 6.61 Å². The van der Waals surface area contributed by atoms with Crippen LogP contribution in [0, 0.1) is 5.92 Å². The fourth-order valence-corrected chi connectivity index (χ4v) is 2.43. The molecule has 0 bridgehead atoms. The monoisotopic (exact) mass is 369 g/mol. The molecule has 1 aromatic rings. The molecule has 8 nitrogen and oxygen atoms in total. The number of ether oxygens (including phenoxy) is 1. The summed E-state index contributed by atoms with van der Waals surface area (Å²) in [5, 5.41) is 8.87. The van der Waals surface area contributed by atoms with Crippen LogP contribution in [0.5, 0.6) is 0 Å². The molecule has 4 amide bonds. The quantitative estimate of drug-likeness (QED) is 0.627. The van der Waals surface area contributed by atoms with E-state index in [-0.39, 0.29) is 17.9 Å². The van der Waals surface area contributed by atoms with Crippen molar-refractivity contribution in [3.8, 4) is 0 Å². The minimum absolute atomic E-state index is 0.131. The van der Waals surface area contributed by atoms with Gasteiger partial charge in [-0.3, -0.25) is 14.9 Å². The van der Waals surface area contributed by atoms with Crippen LogP contribution in [-0.2, 0) is 14.3 Å². The Morgan fingerprint density at radius 2 is 1.80 bits per heavy atom. The SMILES string of the molecule is CC(C)NC(=O)NC(=O)COC(=O)C(NC(=O)c1cccs1)C(C)C. The Morgan fingerprint density at radius 3 is 2.32 bits per heavy atom. The normalized spacial score (nSPS) is 11.8. The van der Waals surface area contributed by atoms with E-state index in [1.165, 1.54) is 11.3 Å². The largest absolute Gasteiger partial charge is 0.454 e. The molecular formula is C16H23N3O5S. The van der Waals surface area contributed by atoms with Crippen molar-refractivity contribution < 1.29 is 23.9 Å². The van der Waals surface area contributed by atoms with E-state index in [4.69, 9.17) is 4.74 Å². The number of nitrogens with one attached hydrogen (secondary N) is 3. The molecule has 0 aliphatic carbocycles. The van der Waals surface area contributed by atoms with Crippen molar-refractivity contribution in [1.29, 1.82) is 0 Å². The van der Waals surface area contributed by atoms with Crippen LogP contribution in [0.15, 0.2) is 17.5 Å². The number of urea groups is 1. The zero-order chi connectivity index (χ0) is 19.0. The highest BCUT2D eigenvalue weighted by Crippen LogP contribution is 2.11. The average Bonchev–Trinajstić information content (AvgIpc) is 3.03. The molecule has 0 saturated heterocycles. The Bertz CT molecular complexity index is 613. The molecule has 0 aliphatic heterocycles. The van der Waals surface area contributed by atoms with Crippen LogP contribution in [-0.4, -0.2) is 42.5 Å². The lowest BCUT2D eigenvalue weighted by molar-refractivity contribution is -0.151. The smallest absolute Gasteiger partial charge is 0.329 e. The summed E-state index contributed by atoms with van der Waals surface area (Å²) in [6, 6.07) is 1.68. The molecule has 138 valence electrons. The van der Waals surface area contributed by atoms with E-state index in [0.29, 0.717) is 4.88 Å². The Morgan fingerprint density at radius 1 is 1.12 bits per heavy atom. The highest BCUT2D eigenvalue weighted by atomic mass is 32.1. The van der Waals surface area contributed by atoms with Gasteiger partial charge in [-0.05, 0) is 31.2 Å². The van der Waals surface area contributed by atoms with Crippen LogP contribution in [0.25, 0.3) is 0 Å². The van der Waals surface area contributed by atoms with E-state index in [0.717, 1.165) is 0 Å². The van der Waals surface area contributed by atoms with E-state index in [9.17, 15) is 19.2 Å². The fraction of sp³-hybridized carbons (Fsp3) is 0.500. The molecule has 0 radical (unpaired) electrons. The number of carbonyl (C=O) groups excluding carboxylic acids is 4. The summed E-state index contributed by atoms with van der Waals surface area (Å²) in [6.07, 6.45) is 0. The molecule has 0 aromatic carbocycles. The van der Waals surface area contributed by atoms with Crippen molar-refractivity contribution in [3.05, 3.63) is 22.4 Å². The number of hydrogen-bond donors (Lipinski definition) is 3. The van der Waals surface area contributed by atoms with Gasteiger partial charge in [-0.2, -0.15) is 0 Å². The predicted molar refractivity (Wildman–Crippen MR) is 93.2 cm³/mol. The lowest BCUT2D eigenvalue weighted by Gasteiger charge is -2.20. The van der Waals surface area contributed by atoms with E-state index in [2.05, 4.69) is 10.6 Å². The van der Waals surface area contributed by atoms with Gasteiger partial charge in [-0.15, -0.1) is 11.3 Å². The number of amides is 4. The minimum Gasteiger partial charge on any atom is -0.454 e. The molecule has 9 heteroatoms. The van der Waals surface area contributed by atoms with E-state index in [1.807, 2.05) is 5.32 Å². The third-order valence-corrected chi connectivity index (χ3v) is 3.84. The number of rotatable bonds is 7. The summed E-state index contributed by atoms with van der Waals surface area (Å²) in [5.41, 5.74) is 0. The zero-order valence-corrected chi connectivity index (χ0v) is 15.4. The van der Waals surface area contributed by atoms with Crippen LogP contribution >= 0.6 is 11.3 Å². The fourth-order valence-electron chi connectivity index (χ4n) is 1.81. The average molecular weight is 369 g/mol. The van der Waals surface area contributed by atoms with Gasteiger partial charge in [0, 0.05) is 6.04 Å². The summed E-state index contributed by atoms with van der Waals surface area (Å²) < 4.78 is 4.91. The second-order valence-corrected chi connectivity index (χ2v) is 6.90. The first-order chi connectivity index (χ1) is 11.7. The van der Waals surface area contributed by atoms with Crippen LogP contribution in [0.4, 0.5) is 4.79 Å². The van der Waals surface area contributed by atoms with Crippen LogP contribution in [0.3, 0.4) is 0 Å². The highest BCUT2D eigenvalue weighted by molar-refractivity contribution is 7.12. The first kappa shape index (κ1) is 20.6. The standard InChI is InChI=1S/C16H23N3O5S/c1-9(2)13(19-14(21)11-6-5-7-25-11)15(22)24-8-12(20)18-16(23)17-10(3)4/h5-7,9-10,13H,8H2,1-4H3,(H,19,21)(H2,17,18,20,23). The molecule has 0 spiro atoms. The van der Waals surface area contributed by atoms with Gasteiger partial charge < -0.3 is 15.4 Å². The third-order valence-electron chi connectivity index (χ3n) is 2.97. The van der Waals surface area contributed by atoms with E-state index >= 15 is 0 Å². The number of carbonyl (C=O) groups is 4. The molecule has 0 fully saturated rings. The number of imide groups is 1. The maximum Gasteiger partial charge on any atom is 0.329 e. The van der Waals surface area contributed by atoms with Gasteiger partial charge in [0.2, 0.25) is 0 Å². The molecule has 1 aromatic heterocycles. The Kier molecular flexibility index (Phi) is 8.06. The molecule has 1 rings (SSSR count). The maximum absolute atomic E-state index is 12.1. The van der Waals surface area contributed by atoms with Gasteiger partial charge in [0.25, 0.3) is 11.8 Å². The number of hydrogen-bond acceptors (Lipinski definition) is 6. The predicted octanol–water partition coefficient (Wildman–Crippen LogP) is 1.28. The Hall–Kier alpha value is -2.42. The molecular weight excluding hydrogens is 346 g/mol. The van der Waals surface area contributed by atoms with Gasteiger partial charge in [-0.25, -0.2) is 9.59 Å². The van der Waals surface area contributed by atoms with Crippen LogP contribution in [0.1, 0.15) is 37.4 Å². The second kappa shape index (κ2) is 9.77. The van der Waals surface area contributed by atoms with Gasteiger partial charge in [0.1, 0.15) is 6.04 Å². The summed E-state index contributed by atoms with van der Waals surface area (Å²) in [6.45, 7) is 6.37. The lowest BCUT2D eigenvalue weighted by atomic mass is 10.0. The summed E-state index contributed by atoms with van der Waals surface area (Å²) in [7, 11) is 0. The second-order valence-electron chi connectivity index (χ2n) is 5.96. The lowest BCUT2D eigenvalue weighted by Crippen LogP contribution is -2.47. The zero-order valence-electron chi connectivity index (χ0n) is 14.6. The van der Waals surface area contributed by atoms with Gasteiger partial charge in [0.05, 0.1) is 4.88 Å². The molecule has 3 N–H and O–H groups in total. The van der Waals surface area contributed by atoms with Crippen molar-refractivity contribution in [2.24, 2.45) is 5.92 Å². The van der Waals surface area contributed by atoms with Gasteiger partial charge >= 0.3 is 12.0 Å². The number of esters is 1. The molecule has 1 heterocycles. The van der Waals surface area contributed by atoms with Crippen LogP contribution < -0.4 is 16.0 Å². The van der Waals surface area contributed by atoms with E-state index < -0.39 is 30.6 Å². The topological polar surface area (TPSA) is 114 Å². The summed E-state index contributed by atoms with van der Waals surface area (Å²) >= 11 is 1.25. The minimum atomic E-state index is -0.896. The Balaban J connectivity index is 2.52. The van der Waals surface area contributed by atoms with Crippen molar-refractivity contribution in [1.82, 2.24) is 16.0 Å².